The Morgan fingerprint density at radius 3 is 2.61 bits per heavy atom. The first-order valence-electron chi connectivity index (χ1n) is 5.17. The molecule has 1 aromatic heterocycles. The zero-order valence-corrected chi connectivity index (χ0v) is 9.87. The van der Waals surface area contributed by atoms with E-state index in [-0.39, 0.29) is 18.1 Å². The van der Waals surface area contributed by atoms with E-state index in [0.29, 0.717) is 5.56 Å². The summed E-state index contributed by atoms with van der Waals surface area (Å²) in [5.41, 5.74) is 0.462. The number of carbonyl (C=O) groups is 1. The number of rotatable bonds is 4. The fourth-order valence-electron chi connectivity index (χ4n) is 1.21. The number of ether oxygens (including phenoxy) is 2. The van der Waals surface area contributed by atoms with Crippen LogP contribution in [0.25, 0.3) is 0 Å². The van der Waals surface area contributed by atoms with Crippen molar-refractivity contribution < 1.29 is 27.4 Å². The number of hydrogen-bond donors (Lipinski definition) is 0. The van der Waals surface area contributed by atoms with Crippen molar-refractivity contribution in [3.63, 3.8) is 0 Å². The van der Waals surface area contributed by atoms with Crippen molar-refractivity contribution in [3.05, 3.63) is 23.5 Å². The molecule has 0 aliphatic carbocycles. The van der Waals surface area contributed by atoms with E-state index in [2.05, 4.69) is 9.72 Å². The van der Waals surface area contributed by atoms with E-state index in [1.54, 1.807) is 13.8 Å². The van der Waals surface area contributed by atoms with Gasteiger partial charge >= 0.3 is 12.1 Å². The van der Waals surface area contributed by atoms with Gasteiger partial charge in [0, 0.05) is 0 Å². The lowest BCUT2D eigenvalue weighted by Crippen LogP contribution is -2.19. The summed E-state index contributed by atoms with van der Waals surface area (Å²) < 4.78 is 45.0. The van der Waals surface area contributed by atoms with Crippen LogP contribution in [0.2, 0.25) is 0 Å². The van der Waals surface area contributed by atoms with Gasteiger partial charge in [0.2, 0.25) is 0 Å². The molecule has 1 heterocycles. The maximum absolute atomic E-state index is 11.9. The number of alkyl halides is 3. The van der Waals surface area contributed by atoms with E-state index in [9.17, 15) is 18.0 Å². The van der Waals surface area contributed by atoms with Gasteiger partial charge in [-0.1, -0.05) is 0 Å². The second-order valence-corrected chi connectivity index (χ2v) is 3.46. The molecule has 0 fully saturated rings. The number of halogens is 3. The molecule has 1 aromatic rings. The number of pyridine rings is 1. The van der Waals surface area contributed by atoms with Gasteiger partial charge in [-0.2, -0.15) is 13.2 Å². The monoisotopic (exact) mass is 263 g/mol. The summed E-state index contributed by atoms with van der Waals surface area (Å²) in [4.78, 5) is 15.1. The molecule has 18 heavy (non-hydrogen) atoms. The predicted octanol–water partition coefficient (Wildman–Crippen LogP) is 2.51. The highest BCUT2D eigenvalue weighted by Gasteiger charge is 2.28. The zero-order valence-electron chi connectivity index (χ0n) is 9.87. The van der Waals surface area contributed by atoms with Crippen LogP contribution in [0.15, 0.2) is 12.3 Å². The highest BCUT2D eigenvalue weighted by atomic mass is 19.4. The molecule has 0 aliphatic heterocycles. The summed E-state index contributed by atoms with van der Waals surface area (Å²) in [7, 11) is 0. The van der Waals surface area contributed by atoms with Crippen molar-refractivity contribution in [2.45, 2.75) is 20.0 Å². The van der Waals surface area contributed by atoms with Crippen LogP contribution < -0.4 is 4.74 Å². The van der Waals surface area contributed by atoms with Crippen molar-refractivity contribution >= 4 is 5.97 Å². The average molecular weight is 263 g/mol. The fourth-order valence-corrected chi connectivity index (χ4v) is 1.21. The van der Waals surface area contributed by atoms with Gasteiger partial charge in [0.05, 0.1) is 12.8 Å². The standard InChI is InChI=1S/C11H12F3NO3/c1-3-17-10(16)9-7(2)4-8(5-15-9)18-6-11(12,13)14/h4-5H,3,6H2,1-2H3. The van der Waals surface area contributed by atoms with Crippen molar-refractivity contribution in [1.29, 1.82) is 0 Å². The van der Waals surface area contributed by atoms with Gasteiger partial charge in [0.1, 0.15) is 5.75 Å². The number of nitrogens with zero attached hydrogens (tertiary/aromatic N) is 1. The van der Waals surface area contributed by atoms with E-state index in [1.165, 1.54) is 6.07 Å². The van der Waals surface area contributed by atoms with Gasteiger partial charge in [-0.15, -0.1) is 0 Å². The summed E-state index contributed by atoms with van der Waals surface area (Å²) in [5.74, 6) is -0.657. The molecular formula is C11H12F3NO3. The lowest BCUT2D eigenvalue weighted by Gasteiger charge is -2.10. The van der Waals surface area contributed by atoms with Crippen LogP contribution in [0.5, 0.6) is 5.75 Å². The molecule has 0 aromatic carbocycles. The van der Waals surface area contributed by atoms with Crippen molar-refractivity contribution in [3.8, 4) is 5.75 Å². The molecule has 0 saturated carbocycles. The second-order valence-electron chi connectivity index (χ2n) is 3.46. The molecule has 0 spiro atoms. The van der Waals surface area contributed by atoms with Gasteiger partial charge in [0.25, 0.3) is 0 Å². The molecule has 0 unspecified atom stereocenters. The topological polar surface area (TPSA) is 48.4 Å². The summed E-state index contributed by atoms with van der Waals surface area (Å²) >= 11 is 0. The average Bonchev–Trinajstić information content (AvgIpc) is 2.25. The van der Waals surface area contributed by atoms with Crippen molar-refractivity contribution in [1.82, 2.24) is 4.98 Å². The highest BCUT2D eigenvalue weighted by molar-refractivity contribution is 5.88. The van der Waals surface area contributed by atoms with E-state index in [1.807, 2.05) is 0 Å². The summed E-state index contributed by atoms with van der Waals surface area (Å²) in [6.45, 7) is 1.99. The lowest BCUT2D eigenvalue weighted by molar-refractivity contribution is -0.153. The first-order chi connectivity index (χ1) is 8.33. The van der Waals surface area contributed by atoms with Gasteiger partial charge in [-0.25, -0.2) is 9.78 Å². The van der Waals surface area contributed by atoms with Crippen LogP contribution in [0.3, 0.4) is 0 Å². The number of carbonyl (C=O) groups excluding carboxylic acids is 1. The van der Waals surface area contributed by atoms with Gasteiger partial charge in [-0.3, -0.25) is 0 Å². The van der Waals surface area contributed by atoms with Gasteiger partial charge in [0.15, 0.2) is 12.3 Å². The smallest absolute Gasteiger partial charge is 0.422 e. The number of aryl methyl sites for hydroxylation is 1. The molecule has 1 rings (SSSR count). The van der Waals surface area contributed by atoms with Crippen molar-refractivity contribution in [2.75, 3.05) is 13.2 Å². The molecule has 0 atom stereocenters. The number of esters is 1. The van der Waals surface area contributed by atoms with E-state index in [0.717, 1.165) is 6.20 Å². The molecule has 0 radical (unpaired) electrons. The van der Waals surface area contributed by atoms with Crippen LogP contribution in [0, 0.1) is 6.92 Å². The minimum Gasteiger partial charge on any atom is -0.482 e. The van der Waals surface area contributed by atoms with E-state index >= 15 is 0 Å². The molecule has 0 amide bonds. The van der Waals surface area contributed by atoms with E-state index in [4.69, 9.17) is 4.74 Å². The Balaban J connectivity index is 2.76. The Morgan fingerprint density at radius 1 is 1.44 bits per heavy atom. The van der Waals surface area contributed by atoms with Crippen molar-refractivity contribution in [2.24, 2.45) is 0 Å². The predicted molar refractivity (Wildman–Crippen MR) is 56.5 cm³/mol. The molecule has 0 bridgehead atoms. The lowest BCUT2D eigenvalue weighted by atomic mass is 10.2. The van der Waals surface area contributed by atoms with Crippen LogP contribution in [-0.4, -0.2) is 30.3 Å². The van der Waals surface area contributed by atoms with E-state index < -0.39 is 18.8 Å². The maximum Gasteiger partial charge on any atom is 0.422 e. The van der Waals surface area contributed by atoms with Gasteiger partial charge in [-0.05, 0) is 25.5 Å². The third-order valence-corrected chi connectivity index (χ3v) is 1.92. The first kappa shape index (κ1) is 14.3. The summed E-state index contributed by atoms with van der Waals surface area (Å²) in [6, 6.07) is 1.31. The molecule has 0 aliphatic rings. The Labute approximate surface area is 102 Å². The minimum atomic E-state index is -4.41. The van der Waals surface area contributed by atoms with Crippen LogP contribution >= 0.6 is 0 Å². The third kappa shape index (κ3) is 4.23. The molecule has 100 valence electrons. The summed E-state index contributed by atoms with van der Waals surface area (Å²) in [6.07, 6.45) is -3.35. The normalized spacial score (nSPS) is 11.2. The molecular weight excluding hydrogens is 251 g/mol. The quantitative estimate of drug-likeness (QED) is 0.783. The SMILES string of the molecule is CCOC(=O)c1ncc(OCC(F)(F)F)cc1C. The summed E-state index contributed by atoms with van der Waals surface area (Å²) in [5, 5.41) is 0. The van der Waals surface area contributed by atoms with Crippen LogP contribution in [-0.2, 0) is 4.74 Å². The minimum absolute atomic E-state index is 0.0436. The Kier molecular flexibility index (Phi) is 4.52. The number of aromatic nitrogens is 1. The third-order valence-electron chi connectivity index (χ3n) is 1.92. The second kappa shape index (κ2) is 5.70. The maximum atomic E-state index is 11.9. The molecule has 4 nitrogen and oxygen atoms in total. The fraction of sp³-hybridized carbons (Fsp3) is 0.455. The number of hydrogen-bond acceptors (Lipinski definition) is 4. The van der Waals surface area contributed by atoms with Crippen LogP contribution in [0.4, 0.5) is 13.2 Å². The highest BCUT2D eigenvalue weighted by Crippen LogP contribution is 2.19. The zero-order chi connectivity index (χ0) is 13.8. The molecule has 0 saturated heterocycles. The Hall–Kier alpha value is -1.79. The first-order valence-corrected chi connectivity index (χ1v) is 5.17. The van der Waals surface area contributed by atoms with Crippen LogP contribution in [0.1, 0.15) is 23.0 Å². The van der Waals surface area contributed by atoms with Gasteiger partial charge < -0.3 is 9.47 Å². The Bertz CT molecular complexity index is 432. The molecule has 0 N–H and O–H groups in total. The molecule has 7 heteroatoms. The Morgan fingerprint density at radius 2 is 2.11 bits per heavy atom. The largest absolute Gasteiger partial charge is 0.482 e.